The van der Waals surface area contributed by atoms with E-state index < -0.39 is 0 Å². The van der Waals surface area contributed by atoms with Gasteiger partial charge in [-0.2, -0.15) is 0 Å². The van der Waals surface area contributed by atoms with Gasteiger partial charge >= 0.3 is 0 Å². The number of aromatic nitrogens is 1. The van der Waals surface area contributed by atoms with Crippen molar-refractivity contribution in [1.29, 1.82) is 0 Å². The molecule has 3 aromatic rings. The fourth-order valence-electron chi connectivity index (χ4n) is 4.31. The molecule has 0 amide bonds. The summed E-state index contributed by atoms with van der Waals surface area (Å²) in [4.78, 5) is 0. The summed E-state index contributed by atoms with van der Waals surface area (Å²) in [5.41, 5.74) is 9.78. The van der Waals surface area contributed by atoms with Crippen molar-refractivity contribution in [3.8, 4) is 0 Å². The smallest absolute Gasteiger partial charge is 0.169 e. The van der Waals surface area contributed by atoms with Gasteiger partial charge in [0.05, 0.1) is 0 Å². The Morgan fingerprint density at radius 1 is 0.762 bits per heavy atom. The van der Waals surface area contributed by atoms with E-state index >= 15 is 0 Å². The Morgan fingerprint density at radius 2 is 1.31 bits per heavy atom. The first-order valence-electron chi connectivity index (χ1n) is 14.9. The molecule has 4 nitrogen and oxygen atoms in total. The third-order valence-electron chi connectivity index (χ3n) is 6.76. The number of benzene rings is 2. The SMILES string of the molecule is C/C=C(\C=C/NCC)C(/C)=C/c1ccc(NCCSSCCNc2ccc(/C=C(\C)c3cc[n+](CC)cc3)cc2)cc1. The average Bonchev–Trinajstić information content (AvgIpc) is 3.02. The first-order chi connectivity index (χ1) is 20.5. The second-order valence-corrected chi connectivity index (χ2v) is 12.7. The van der Waals surface area contributed by atoms with Crippen molar-refractivity contribution in [1.82, 2.24) is 5.32 Å². The summed E-state index contributed by atoms with van der Waals surface area (Å²) < 4.78 is 2.18. The zero-order chi connectivity index (χ0) is 30.0. The molecule has 0 aliphatic carbocycles. The quantitative estimate of drug-likeness (QED) is 0.0625. The van der Waals surface area contributed by atoms with E-state index in [2.05, 4.69) is 152 Å². The standard InChI is InChI=1S/C36H46N4S2/c1-6-33(17-20-37-7-2)29(4)27-31-9-13-35(14-10-31)38-21-25-41-42-26-22-39-36-15-11-32(12-16-36)28-30(5)34-18-23-40(8-3)24-19-34/h6,9-20,23-24,27-28,37-38H,7-8,21-22,25-26H2,1-5H3/p+1/b20-17-,29-27+,33-6+. The van der Waals surface area contributed by atoms with Gasteiger partial charge in [0.25, 0.3) is 0 Å². The van der Waals surface area contributed by atoms with Crippen molar-refractivity contribution in [2.45, 2.75) is 41.2 Å². The molecule has 6 heteroatoms. The van der Waals surface area contributed by atoms with Gasteiger partial charge in [-0.05, 0) is 105 Å². The molecule has 0 spiro atoms. The van der Waals surface area contributed by atoms with Crippen LogP contribution in [0.4, 0.5) is 11.4 Å². The largest absolute Gasteiger partial charge is 0.391 e. The van der Waals surface area contributed by atoms with Crippen molar-refractivity contribution in [2.75, 3.05) is 41.8 Å². The van der Waals surface area contributed by atoms with Crippen LogP contribution in [-0.2, 0) is 6.54 Å². The molecule has 0 unspecified atom stereocenters. The molecule has 1 heterocycles. The van der Waals surface area contributed by atoms with Crippen molar-refractivity contribution < 1.29 is 4.57 Å². The number of anilines is 2. The molecule has 0 bridgehead atoms. The van der Waals surface area contributed by atoms with Gasteiger partial charge in [-0.25, -0.2) is 4.57 Å². The summed E-state index contributed by atoms with van der Waals surface area (Å²) in [6, 6.07) is 21.7. The van der Waals surface area contributed by atoms with Crippen LogP contribution in [0.15, 0.2) is 103 Å². The van der Waals surface area contributed by atoms with Crippen LogP contribution in [0.25, 0.3) is 17.7 Å². The highest BCUT2D eigenvalue weighted by Crippen LogP contribution is 2.22. The summed E-state index contributed by atoms with van der Waals surface area (Å²) >= 11 is 0. The van der Waals surface area contributed by atoms with Crippen molar-refractivity contribution in [2.24, 2.45) is 0 Å². The van der Waals surface area contributed by atoms with Crippen LogP contribution in [0.1, 0.15) is 51.3 Å². The van der Waals surface area contributed by atoms with E-state index in [1.165, 1.54) is 39.1 Å². The van der Waals surface area contributed by atoms with Crippen LogP contribution in [-0.4, -0.2) is 31.1 Å². The van der Waals surface area contributed by atoms with Crippen LogP contribution in [0.2, 0.25) is 0 Å². The zero-order valence-corrected chi connectivity index (χ0v) is 27.5. The molecule has 222 valence electrons. The monoisotopic (exact) mass is 599 g/mol. The summed E-state index contributed by atoms with van der Waals surface area (Å²) in [5, 5.41) is 10.3. The molecule has 3 rings (SSSR count). The maximum Gasteiger partial charge on any atom is 0.169 e. The van der Waals surface area contributed by atoms with E-state index in [4.69, 9.17) is 0 Å². The number of nitrogens with one attached hydrogen (secondary N) is 3. The molecule has 42 heavy (non-hydrogen) atoms. The Bertz CT molecular complexity index is 1320. The summed E-state index contributed by atoms with van der Waals surface area (Å²) in [6.07, 6.45) is 15.0. The predicted molar refractivity (Wildman–Crippen MR) is 191 cm³/mol. The highest BCUT2D eigenvalue weighted by atomic mass is 33.1. The number of aryl methyl sites for hydroxylation is 1. The van der Waals surface area contributed by atoms with Crippen LogP contribution in [0.5, 0.6) is 0 Å². The lowest BCUT2D eigenvalue weighted by atomic mass is 10.0. The minimum absolute atomic E-state index is 0.933. The van der Waals surface area contributed by atoms with Crippen LogP contribution < -0.4 is 20.5 Å². The molecular formula is C36H47N4S2+. The van der Waals surface area contributed by atoms with E-state index in [9.17, 15) is 0 Å². The molecule has 0 radical (unpaired) electrons. The van der Waals surface area contributed by atoms with Crippen molar-refractivity contribution in [3.63, 3.8) is 0 Å². The highest BCUT2D eigenvalue weighted by molar-refractivity contribution is 8.76. The number of allylic oxidation sites excluding steroid dienone is 5. The third kappa shape index (κ3) is 11.9. The van der Waals surface area contributed by atoms with E-state index in [0.717, 1.165) is 43.4 Å². The number of hydrogen-bond donors (Lipinski definition) is 3. The average molecular weight is 600 g/mol. The highest BCUT2D eigenvalue weighted by Gasteiger charge is 2.02. The Morgan fingerprint density at radius 3 is 1.81 bits per heavy atom. The molecule has 3 N–H and O–H groups in total. The molecule has 2 aromatic carbocycles. The van der Waals surface area contributed by atoms with Gasteiger partial charge in [-0.1, -0.05) is 64.1 Å². The van der Waals surface area contributed by atoms with E-state index in [1.54, 1.807) is 0 Å². The Hall–Kier alpha value is -3.35. The molecule has 0 atom stereocenters. The maximum atomic E-state index is 3.54. The topological polar surface area (TPSA) is 40.0 Å². The molecule has 0 fully saturated rings. The number of pyridine rings is 1. The Kier molecular flexibility index (Phi) is 15.0. The van der Waals surface area contributed by atoms with Crippen LogP contribution >= 0.6 is 21.6 Å². The molecular weight excluding hydrogens is 553 g/mol. The minimum atomic E-state index is 0.933. The number of nitrogens with zero attached hydrogens (tertiary/aromatic N) is 1. The van der Waals surface area contributed by atoms with E-state index in [-0.39, 0.29) is 0 Å². The molecule has 0 saturated carbocycles. The molecule has 1 aromatic heterocycles. The van der Waals surface area contributed by atoms with Gasteiger partial charge in [0.15, 0.2) is 12.4 Å². The Balaban J connectivity index is 1.30. The molecule has 0 aliphatic rings. The Labute approximate surface area is 261 Å². The second-order valence-electron chi connectivity index (χ2n) is 9.95. The van der Waals surface area contributed by atoms with Crippen molar-refractivity contribution in [3.05, 3.63) is 119 Å². The van der Waals surface area contributed by atoms with Gasteiger partial charge < -0.3 is 16.0 Å². The summed E-state index contributed by atoms with van der Waals surface area (Å²) in [6.45, 7) is 14.5. The normalized spacial score (nSPS) is 12.5. The number of rotatable bonds is 17. The number of hydrogen-bond acceptors (Lipinski definition) is 5. The van der Waals surface area contributed by atoms with Gasteiger partial charge in [0, 0.05) is 54.6 Å². The van der Waals surface area contributed by atoms with Gasteiger partial charge in [0.2, 0.25) is 0 Å². The third-order valence-corrected chi connectivity index (χ3v) is 9.17. The van der Waals surface area contributed by atoms with Gasteiger partial charge in [-0.15, -0.1) is 0 Å². The van der Waals surface area contributed by atoms with E-state index in [1.807, 2.05) is 27.8 Å². The molecule has 0 saturated heterocycles. The van der Waals surface area contributed by atoms with Crippen molar-refractivity contribution >= 4 is 50.7 Å². The minimum Gasteiger partial charge on any atom is -0.391 e. The summed E-state index contributed by atoms with van der Waals surface area (Å²) in [5.74, 6) is 2.13. The predicted octanol–water partition coefficient (Wildman–Crippen LogP) is 8.93. The summed E-state index contributed by atoms with van der Waals surface area (Å²) in [7, 11) is 3.84. The second kappa shape index (κ2) is 19.0. The lowest BCUT2D eigenvalue weighted by Crippen LogP contribution is -2.30. The fraction of sp³-hybridized carbons (Fsp3) is 0.306. The zero-order valence-electron chi connectivity index (χ0n) is 25.8. The lowest BCUT2D eigenvalue weighted by molar-refractivity contribution is -0.693. The first-order valence-corrected chi connectivity index (χ1v) is 17.4. The van der Waals surface area contributed by atoms with Gasteiger partial charge in [0.1, 0.15) is 6.54 Å². The molecule has 0 aliphatic heterocycles. The van der Waals surface area contributed by atoms with E-state index in [0.29, 0.717) is 0 Å². The lowest BCUT2D eigenvalue weighted by Gasteiger charge is -2.08. The fourth-order valence-corrected chi connectivity index (χ4v) is 6.12. The van der Waals surface area contributed by atoms with Crippen LogP contribution in [0.3, 0.4) is 0 Å². The maximum absolute atomic E-state index is 3.54. The first kappa shape index (κ1) is 33.2. The van der Waals surface area contributed by atoms with Gasteiger partial charge in [-0.3, -0.25) is 0 Å². The van der Waals surface area contributed by atoms with Crippen LogP contribution in [0, 0.1) is 0 Å².